The summed E-state index contributed by atoms with van der Waals surface area (Å²) in [7, 11) is 0. The van der Waals surface area contributed by atoms with Gasteiger partial charge < -0.3 is 22.2 Å². The standard InChI is InChI=1S/C17H22N6O2S.ClH/c1-11(24)22-17-23-14(15(26-17)8-9-16(18)25)7-4-12-2-5-13(6-3-12)20-10-21-19;/h2-3,5-6,10H,4,7-9,19H2,1H3,(H2,18,25)(H,20,21)(H,22,23,24);1H. The Morgan fingerprint density at radius 3 is 2.52 bits per heavy atom. The molecular formula is C17H23ClN6O2S. The second-order valence-corrected chi connectivity index (χ2v) is 6.74. The summed E-state index contributed by atoms with van der Waals surface area (Å²) in [5, 5.41) is 9.58. The summed E-state index contributed by atoms with van der Waals surface area (Å²) in [6.07, 6.45) is 3.71. The van der Waals surface area contributed by atoms with Crippen LogP contribution >= 0.6 is 23.7 Å². The zero-order valence-corrected chi connectivity index (χ0v) is 16.5. The molecule has 8 nitrogen and oxygen atoms in total. The van der Waals surface area contributed by atoms with Crippen molar-refractivity contribution in [2.24, 2.45) is 16.7 Å². The molecule has 2 rings (SSSR count). The molecule has 1 aromatic heterocycles. The highest BCUT2D eigenvalue weighted by Gasteiger charge is 2.13. The number of hydrazone groups is 1. The number of aryl methyl sites for hydroxylation is 3. The van der Waals surface area contributed by atoms with Crippen molar-refractivity contribution in [3.63, 3.8) is 0 Å². The van der Waals surface area contributed by atoms with Crippen LogP contribution < -0.4 is 22.2 Å². The van der Waals surface area contributed by atoms with E-state index in [1.807, 2.05) is 24.3 Å². The lowest BCUT2D eigenvalue weighted by Gasteiger charge is -2.04. The molecule has 146 valence electrons. The molecule has 1 aromatic carbocycles. The van der Waals surface area contributed by atoms with Crippen LogP contribution in [0.15, 0.2) is 29.4 Å². The quantitative estimate of drug-likeness (QED) is 0.217. The molecule has 6 N–H and O–H groups in total. The van der Waals surface area contributed by atoms with Gasteiger partial charge in [0.2, 0.25) is 11.8 Å². The SMILES string of the molecule is CC(=O)Nc1nc(CCc2ccc(NC=NN)cc2)c(CCC(N)=O)s1.Cl. The van der Waals surface area contributed by atoms with Gasteiger partial charge in [0, 0.05) is 23.9 Å². The molecule has 0 aliphatic carbocycles. The van der Waals surface area contributed by atoms with E-state index in [-0.39, 0.29) is 30.6 Å². The first-order valence-electron chi connectivity index (χ1n) is 8.09. The summed E-state index contributed by atoms with van der Waals surface area (Å²) in [6, 6.07) is 7.90. The highest BCUT2D eigenvalue weighted by atomic mass is 35.5. The van der Waals surface area contributed by atoms with Gasteiger partial charge >= 0.3 is 0 Å². The minimum Gasteiger partial charge on any atom is -0.370 e. The molecule has 2 amide bonds. The van der Waals surface area contributed by atoms with Crippen molar-refractivity contribution in [1.82, 2.24) is 4.98 Å². The van der Waals surface area contributed by atoms with Crippen LogP contribution in [-0.2, 0) is 28.9 Å². The fourth-order valence-electron chi connectivity index (χ4n) is 2.36. The minimum atomic E-state index is -0.352. The molecule has 1 heterocycles. The summed E-state index contributed by atoms with van der Waals surface area (Å²) in [6.45, 7) is 1.44. The number of hydrogen-bond donors (Lipinski definition) is 4. The maximum atomic E-state index is 11.2. The number of halogens is 1. The van der Waals surface area contributed by atoms with Crippen LogP contribution in [0.3, 0.4) is 0 Å². The van der Waals surface area contributed by atoms with Gasteiger partial charge in [-0.2, -0.15) is 5.10 Å². The van der Waals surface area contributed by atoms with Gasteiger partial charge in [-0.1, -0.05) is 12.1 Å². The minimum absolute atomic E-state index is 0. The third-order valence-corrected chi connectivity index (χ3v) is 4.64. The lowest BCUT2D eigenvalue weighted by molar-refractivity contribution is -0.118. The van der Waals surface area contributed by atoms with E-state index in [2.05, 4.69) is 20.7 Å². The normalized spacial score (nSPS) is 10.4. The van der Waals surface area contributed by atoms with Gasteiger partial charge in [-0.3, -0.25) is 9.59 Å². The number of hydrogen-bond acceptors (Lipinski definition) is 6. The Kier molecular flexibility index (Phi) is 9.24. The Morgan fingerprint density at radius 1 is 1.22 bits per heavy atom. The maximum Gasteiger partial charge on any atom is 0.223 e. The van der Waals surface area contributed by atoms with E-state index in [9.17, 15) is 9.59 Å². The number of carbonyl (C=O) groups is 2. The van der Waals surface area contributed by atoms with Crippen molar-refractivity contribution in [2.45, 2.75) is 32.6 Å². The van der Waals surface area contributed by atoms with E-state index >= 15 is 0 Å². The topological polar surface area (TPSA) is 135 Å². The number of carbonyl (C=O) groups excluding carboxylic acids is 2. The average molecular weight is 411 g/mol. The molecule has 0 radical (unpaired) electrons. The number of primary amides is 1. The number of amides is 2. The predicted molar refractivity (Wildman–Crippen MR) is 111 cm³/mol. The fourth-order valence-corrected chi connectivity index (χ4v) is 3.41. The molecule has 27 heavy (non-hydrogen) atoms. The Labute approximate surface area is 167 Å². The van der Waals surface area contributed by atoms with E-state index in [0.29, 0.717) is 18.0 Å². The number of nitrogens with one attached hydrogen (secondary N) is 2. The molecular weight excluding hydrogens is 388 g/mol. The zero-order chi connectivity index (χ0) is 18.9. The Bertz CT molecular complexity index is 791. The van der Waals surface area contributed by atoms with Crippen LogP contribution in [0.5, 0.6) is 0 Å². The molecule has 0 fully saturated rings. The predicted octanol–water partition coefficient (Wildman–Crippen LogP) is 2.04. The largest absolute Gasteiger partial charge is 0.370 e. The number of benzene rings is 1. The van der Waals surface area contributed by atoms with Crippen LogP contribution in [0, 0.1) is 0 Å². The first-order valence-corrected chi connectivity index (χ1v) is 8.91. The summed E-state index contributed by atoms with van der Waals surface area (Å²) < 4.78 is 0. The van der Waals surface area contributed by atoms with Gasteiger partial charge in [0.05, 0.1) is 5.69 Å². The fraction of sp³-hybridized carbons (Fsp3) is 0.294. The molecule has 0 atom stereocenters. The van der Waals surface area contributed by atoms with Gasteiger partial charge in [-0.15, -0.1) is 23.7 Å². The number of anilines is 2. The number of thiazole rings is 1. The van der Waals surface area contributed by atoms with Crippen LogP contribution in [0.1, 0.15) is 29.5 Å². The number of aromatic nitrogens is 1. The van der Waals surface area contributed by atoms with Gasteiger partial charge in [0.15, 0.2) is 5.13 Å². The Balaban J connectivity index is 0.00000364. The second-order valence-electron chi connectivity index (χ2n) is 5.66. The molecule has 0 unspecified atom stereocenters. The van der Waals surface area contributed by atoms with Gasteiger partial charge in [-0.05, 0) is 37.0 Å². The monoisotopic (exact) mass is 410 g/mol. The number of nitrogens with zero attached hydrogens (tertiary/aromatic N) is 2. The van der Waals surface area contributed by atoms with Crippen molar-refractivity contribution in [3.8, 4) is 0 Å². The lowest BCUT2D eigenvalue weighted by atomic mass is 10.1. The Hall–Kier alpha value is -2.65. The van der Waals surface area contributed by atoms with Crippen LogP contribution in [-0.4, -0.2) is 23.1 Å². The Morgan fingerprint density at radius 2 is 1.93 bits per heavy atom. The third kappa shape index (κ3) is 7.63. The molecule has 0 spiro atoms. The average Bonchev–Trinajstić information content (AvgIpc) is 2.98. The first-order chi connectivity index (χ1) is 12.5. The van der Waals surface area contributed by atoms with E-state index in [1.165, 1.54) is 24.6 Å². The summed E-state index contributed by atoms with van der Waals surface area (Å²) in [5.41, 5.74) is 8.17. The van der Waals surface area contributed by atoms with Crippen LogP contribution in [0.4, 0.5) is 10.8 Å². The van der Waals surface area contributed by atoms with Crippen molar-refractivity contribution >= 4 is 52.7 Å². The number of rotatable bonds is 9. The maximum absolute atomic E-state index is 11.2. The van der Waals surface area contributed by atoms with Crippen LogP contribution in [0.25, 0.3) is 0 Å². The molecule has 10 heteroatoms. The van der Waals surface area contributed by atoms with Crippen molar-refractivity contribution in [1.29, 1.82) is 0 Å². The summed E-state index contributed by atoms with van der Waals surface area (Å²) >= 11 is 1.39. The molecule has 0 aliphatic heterocycles. The summed E-state index contributed by atoms with van der Waals surface area (Å²) in [5.74, 6) is 4.53. The van der Waals surface area contributed by atoms with Crippen molar-refractivity contribution in [3.05, 3.63) is 40.4 Å². The van der Waals surface area contributed by atoms with Gasteiger partial charge in [0.1, 0.15) is 6.34 Å². The van der Waals surface area contributed by atoms with Gasteiger partial charge in [0.25, 0.3) is 0 Å². The van der Waals surface area contributed by atoms with E-state index < -0.39 is 0 Å². The van der Waals surface area contributed by atoms with Gasteiger partial charge in [-0.25, -0.2) is 4.98 Å². The van der Waals surface area contributed by atoms with E-state index in [1.54, 1.807) is 0 Å². The van der Waals surface area contributed by atoms with Crippen molar-refractivity contribution < 1.29 is 9.59 Å². The lowest BCUT2D eigenvalue weighted by Crippen LogP contribution is -2.11. The summed E-state index contributed by atoms with van der Waals surface area (Å²) in [4.78, 5) is 27.8. The van der Waals surface area contributed by atoms with Crippen molar-refractivity contribution in [2.75, 3.05) is 10.6 Å². The zero-order valence-electron chi connectivity index (χ0n) is 14.9. The first kappa shape index (κ1) is 22.4. The molecule has 0 saturated heterocycles. The smallest absolute Gasteiger partial charge is 0.223 e. The molecule has 0 aliphatic rings. The highest BCUT2D eigenvalue weighted by molar-refractivity contribution is 7.15. The third-order valence-electron chi connectivity index (χ3n) is 3.57. The van der Waals surface area contributed by atoms with E-state index in [0.717, 1.165) is 28.2 Å². The molecule has 2 aromatic rings. The van der Waals surface area contributed by atoms with Crippen LogP contribution in [0.2, 0.25) is 0 Å². The molecule has 0 bridgehead atoms. The van der Waals surface area contributed by atoms with E-state index in [4.69, 9.17) is 11.6 Å². The molecule has 0 saturated carbocycles. The highest BCUT2D eigenvalue weighted by Crippen LogP contribution is 2.26. The second kappa shape index (κ2) is 11.1. The number of nitrogens with two attached hydrogens (primary N) is 2.